The predicted octanol–water partition coefficient (Wildman–Crippen LogP) is 1.50. The number of nitrogens with one attached hydrogen (secondary N) is 1. The molecule has 4 nitrogen and oxygen atoms in total. The van der Waals surface area contributed by atoms with E-state index in [9.17, 15) is 14.7 Å². The van der Waals surface area contributed by atoms with Crippen LogP contribution in [0.25, 0.3) is 0 Å². The summed E-state index contributed by atoms with van der Waals surface area (Å²) in [6.45, 7) is 1.91. The first-order valence-electron chi connectivity index (χ1n) is 5.56. The molecule has 1 fully saturated rings. The van der Waals surface area contributed by atoms with E-state index in [1.165, 1.54) is 11.8 Å². The molecule has 0 aromatic rings. The first kappa shape index (κ1) is 13.4. The first-order chi connectivity index (χ1) is 7.53. The Balaban J connectivity index is 2.79. The number of rotatable bonds is 4. The molecule has 0 saturated heterocycles. The van der Waals surface area contributed by atoms with E-state index in [2.05, 4.69) is 5.32 Å². The molecule has 92 valence electrons. The van der Waals surface area contributed by atoms with Gasteiger partial charge in [-0.25, -0.2) is 4.79 Å². The highest BCUT2D eigenvalue weighted by molar-refractivity contribution is 7.99. The number of carboxylic acids is 1. The molecule has 0 heterocycles. The van der Waals surface area contributed by atoms with Crippen LogP contribution in [0.15, 0.2) is 0 Å². The molecule has 0 aromatic heterocycles. The second-order valence-electron chi connectivity index (χ2n) is 4.40. The number of hydrogen-bond donors (Lipinski definition) is 2. The standard InChI is InChI=1S/C11H19NO3S/c1-8-5-3-4-6-11(8,10(14)15)12-9(13)7-16-2/h8H,3-7H2,1-2H3,(H,12,13)(H,14,15). The number of carboxylic acid groups (broad SMARTS) is 1. The molecule has 0 aromatic carbocycles. The van der Waals surface area contributed by atoms with Gasteiger partial charge in [0.15, 0.2) is 0 Å². The summed E-state index contributed by atoms with van der Waals surface area (Å²) in [4.78, 5) is 23.0. The topological polar surface area (TPSA) is 66.4 Å². The second-order valence-corrected chi connectivity index (χ2v) is 5.27. The molecular weight excluding hydrogens is 226 g/mol. The van der Waals surface area contributed by atoms with Crippen molar-refractivity contribution in [3.8, 4) is 0 Å². The van der Waals surface area contributed by atoms with Crippen molar-refractivity contribution < 1.29 is 14.7 Å². The van der Waals surface area contributed by atoms with Crippen LogP contribution in [0.2, 0.25) is 0 Å². The van der Waals surface area contributed by atoms with Gasteiger partial charge in [0, 0.05) is 0 Å². The van der Waals surface area contributed by atoms with Crippen molar-refractivity contribution in [2.75, 3.05) is 12.0 Å². The van der Waals surface area contributed by atoms with Crippen LogP contribution in [0, 0.1) is 5.92 Å². The Morgan fingerprint density at radius 1 is 1.50 bits per heavy atom. The van der Waals surface area contributed by atoms with Crippen molar-refractivity contribution in [3.05, 3.63) is 0 Å². The van der Waals surface area contributed by atoms with E-state index in [4.69, 9.17) is 0 Å². The SMILES string of the molecule is CSCC(=O)NC1(C(=O)O)CCCCC1C. The lowest BCUT2D eigenvalue weighted by molar-refractivity contribution is -0.151. The van der Waals surface area contributed by atoms with Crippen molar-refractivity contribution in [2.24, 2.45) is 5.92 Å². The van der Waals surface area contributed by atoms with E-state index >= 15 is 0 Å². The summed E-state index contributed by atoms with van der Waals surface area (Å²) in [6, 6.07) is 0. The molecule has 2 unspecified atom stereocenters. The molecule has 16 heavy (non-hydrogen) atoms. The Morgan fingerprint density at radius 2 is 2.19 bits per heavy atom. The van der Waals surface area contributed by atoms with Gasteiger partial charge in [-0.1, -0.05) is 19.8 Å². The zero-order valence-electron chi connectivity index (χ0n) is 9.78. The van der Waals surface area contributed by atoms with E-state index in [0.29, 0.717) is 12.2 Å². The summed E-state index contributed by atoms with van der Waals surface area (Å²) in [5.41, 5.74) is -1.04. The van der Waals surface area contributed by atoms with E-state index in [-0.39, 0.29) is 11.8 Å². The molecular formula is C11H19NO3S. The Morgan fingerprint density at radius 3 is 2.69 bits per heavy atom. The Bertz CT molecular complexity index is 282. The van der Waals surface area contributed by atoms with Gasteiger partial charge in [-0.2, -0.15) is 11.8 Å². The number of hydrogen-bond acceptors (Lipinski definition) is 3. The minimum atomic E-state index is -1.04. The van der Waals surface area contributed by atoms with Crippen LogP contribution >= 0.6 is 11.8 Å². The fourth-order valence-corrected chi connectivity index (χ4v) is 2.65. The molecule has 1 aliphatic rings. The Labute approximate surface area is 100 Å². The molecule has 1 rings (SSSR count). The van der Waals surface area contributed by atoms with Crippen molar-refractivity contribution >= 4 is 23.6 Å². The molecule has 0 spiro atoms. The lowest BCUT2D eigenvalue weighted by Gasteiger charge is -2.39. The quantitative estimate of drug-likeness (QED) is 0.787. The van der Waals surface area contributed by atoms with E-state index in [1.807, 2.05) is 13.2 Å². The summed E-state index contributed by atoms with van der Waals surface area (Å²) in [7, 11) is 0. The van der Waals surface area contributed by atoms with E-state index < -0.39 is 11.5 Å². The van der Waals surface area contributed by atoms with Gasteiger partial charge in [0.25, 0.3) is 0 Å². The third-order valence-electron chi connectivity index (χ3n) is 3.32. The summed E-state index contributed by atoms with van der Waals surface area (Å²) in [5.74, 6) is -0.746. The van der Waals surface area contributed by atoms with Gasteiger partial charge in [-0.05, 0) is 25.0 Å². The fraction of sp³-hybridized carbons (Fsp3) is 0.818. The molecule has 1 saturated carbocycles. The zero-order valence-corrected chi connectivity index (χ0v) is 10.6. The normalized spacial score (nSPS) is 29.8. The number of amides is 1. The highest BCUT2D eigenvalue weighted by Crippen LogP contribution is 2.33. The van der Waals surface area contributed by atoms with Crippen LogP contribution in [0.4, 0.5) is 0 Å². The largest absolute Gasteiger partial charge is 0.479 e. The van der Waals surface area contributed by atoms with Gasteiger partial charge >= 0.3 is 5.97 Å². The Kier molecular flexibility index (Phi) is 4.65. The summed E-state index contributed by atoms with van der Waals surface area (Å²) in [5, 5.41) is 12.1. The zero-order chi connectivity index (χ0) is 12.2. The average Bonchev–Trinajstić information content (AvgIpc) is 2.21. The van der Waals surface area contributed by atoms with Crippen LogP contribution in [0.3, 0.4) is 0 Å². The summed E-state index contributed by atoms with van der Waals surface area (Å²) in [6.07, 6.45) is 5.16. The molecule has 5 heteroatoms. The number of aliphatic carboxylic acids is 1. The predicted molar refractivity (Wildman–Crippen MR) is 64.5 cm³/mol. The smallest absolute Gasteiger partial charge is 0.329 e. The maximum atomic E-state index is 11.6. The van der Waals surface area contributed by atoms with Gasteiger partial charge in [-0.15, -0.1) is 0 Å². The van der Waals surface area contributed by atoms with Gasteiger partial charge in [0.1, 0.15) is 5.54 Å². The number of carbonyl (C=O) groups excluding carboxylic acids is 1. The summed E-state index contributed by atoms with van der Waals surface area (Å²) < 4.78 is 0. The van der Waals surface area contributed by atoms with Crippen molar-refractivity contribution in [1.82, 2.24) is 5.32 Å². The van der Waals surface area contributed by atoms with Crippen LogP contribution in [-0.4, -0.2) is 34.5 Å². The van der Waals surface area contributed by atoms with Crippen LogP contribution in [0.1, 0.15) is 32.6 Å². The monoisotopic (exact) mass is 245 g/mol. The lowest BCUT2D eigenvalue weighted by atomic mass is 9.73. The number of thioether (sulfide) groups is 1. The van der Waals surface area contributed by atoms with Gasteiger partial charge in [0.2, 0.25) is 5.91 Å². The second kappa shape index (κ2) is 5.57. The molecule has 2 atom stereocenters. The third-order valence-corrected chi connectivity index (χ3v) is 3.87. The third kappa shape index (κ3) is 2.70. The van der Waals surface area contributed by atoms with Crippen molar-refractivity contribution in [3.63, 3.8) is 0 Å². The average molecular weight is 245 g/mol. The van der Waals surface area contributed by atoms with Gasteiger partial charge in [0.05, 0.1) is 5.75 Å². The molecule has 0 bridgehead atoms. The molecule has 1 amide bonds. The van der Waals surface area contributed by atoms with E-state index in [1.54, 1.807) is 0 Å². The molecule has 1 aliphatic carbocycles. The summed E-state index contributed by atoms with van der Waals surface area (Å²) >= 11 is 1.40. The van der Waals surface area contributed by atoms with Crippen molar-refractivity contribution in [2.45, 2.75) is 38.1 Å². The highest BCUT2D eigenvalue weighted by atomic mass is 32.2. The highest BCUT2D eigenvalue weighted by Gasteiger charge is 2.46. The number of carbonyl (C=O) groups is 2. The Hall–Kier alpha value is -0.710. The van der Waals surface area contributed by atoms with Crippen LogP contribution in [-0.2, 0) is 9.59 Å². The molecule has 2 N–H and O–H groups in total. The maximum absolute atomic E-state index is 11.6. The lowest BCUT2D eigenvalue weighted by Crippen LogP contribution is -2.60. The first-order valence-corrected chi connectivity index (χ1v) is 6.95. The van der Waals surface area contributed by atoms with E-state index in [0.717, 1.165) is 19.3 Å². The van der Waals surface area contributed by atoms with Crippen LogP contribution < -0.4 is 5.32 Å². The van der Waals surface area contributed by atoms with Crippen LogP contribution in [0.5, 0.6) is 0 Å². The van der Waals surface area contributed by atoms with Gasteiger partial charge < -0.3 is 10.4 Å². The van der Waals surface area contributed by atoms with Crippen molar-refractivity contribution in [1.29, 1.82) is 0 Å². The minimum absolute atomic E-state index is 0.00422. The molecule has 0 radical (unpaired) electrons. The maximum Gasteiger partial charge on any atom is 0.329 e. The minimum Gasteiger partial charge on any atom is -0.479 e. The van der Waals surface area contributed by atoms with Gasteiger partial charge in [-0.3, -0.25) is 4.79 Å². The fourth-order valence-electron chi connectivity index (χ4n) is 2.32. The molecule has 0 aliphatic heterocycles.